The third-order valence-electron chi connectivity index (χ3n) is 5.55. The van der Waals surface area contributed by atoms with Crippen LogP contribution in [-0.2, 0) is 5.41 Å². The van der Waals surface area contributed by atoms with E-state index in [0.717, 1.165) is 17.2 Å². The molecule has 0 fully saturated rings. The molecule has 0 atom stereocenters. The molecule has 1 aliphatic heterocycles. The summed E-state index contributed by atoms with van der Waals surface area (Å²) >= 11 is 6.54. The number of hydrogen-bond donors (Lipinski definition) is 0. The van der Waals surface area contributed by atoms with E-state index in [2.05, 4.69) is 29.0 Å². The molecule has 0 N–H and O–H groups in total. The van der Waals surface area contributed by atoms with Crippen LogP contribution in [0.3, 0.4) is 0 Å². The van der Waals surface area contributed by atoms with Crippen LogP contribution < -0.4 is 0 Å². The van der Waals surface area contributed by atoms with Gasteiger partial charge in [-0.05, 0) is 37.6 Å². The summed E-state index contributed by atoms with van der Waals surface area (Å²) in [5.41, 5.74) is 1.49. The first-order valence-electron chi connectivity index (χ1n) is 8.51. The van der Waals surface area contributed by atoms with E-state index in [1.54, 1.807) is 0 Å². The highest BCUT2D eigenvalue weighted by Gasteiger charge is 2.45. The van der Waals surface area contributed by atoms with Gasteiger partial charge in [0.1, 0.15) is 5.71 Å². The fraction of sp³-hybridized carbons (Fsp3) is 0.300. The Labute approximate surface area is 160 Å². The number of nitrogens with zero attached hydrogens (tertiary/aromatic N) is 4. The average Bonchev–Trinajstić information content (AvgIpc) is 2.61. The Balaban J connectivity index is 1.99. The summed E-state index contributed by atoms with van der Waals surface area (Å²) in [4.78, 5) is 9.28. The standard InChI is InChI=1S/C20H17ClF2N4/c1-19(2)14-10(6-5-7-11(14)21)16(25-20(19,3)4)18-24-13-9-8-12(22)15(23)17(13)26-27-18/h5-9H,1-4H3. The highest BCUT2D eigenvalue weighted by Crippen LogP contribution is 2.46. The summed E-state index contributed by atoms with van der Waals surface area (Å²) in [7, 11) is 0. The van der Waals surface area contributed by atoms with Gasteiger partial charge in [-0.3, -0.25) is 4.99 Å². The molecule has 7 heteroatoms. The van der Waals surface area contributed by atoms with Gasteiger partial charge in [0, 0.05) is 16.0 Å². The Kier molecular flexibility index (Phi) is 3.82. The maximum Gasteiger partial charge on any atom is 0.201 e. The molecule has 0 saturated carbocycles. The molecule has 138 valence electrons. The second-order valence-corrected chi connectivity index (χ2v) is 8.08. The van der Waals surface area contributed by atoms with E-state index < -0.39 is 17.2 Å². The Morgan fingerprint density at radius 3 is 2.44 bits per heavy atom. The molecule has 2 heterocycles. The highest BCUT2D eigenvalue weighted by molar-refractivity contribution is 6.32. The van der Waals surface area contributed by atoms with Crippen molar-refractivity contribution >= 4 is 28.3 Å². The molecular formula is C20H17ClF2N4. The lowest BCUT2D eigenvalue weighted by atomic mass is 9.66. The van der Waals surface area contributed by atoms with E-state index in [9.17, 15) is 8.78 Å². The summed E-state index contributed by atoms with van der Waals surface area (Å²) in [5.74, 6) is -1.79. The van der Waals surface area contributed by atoms with Crippen molar-refractivity contribution in [2.24, 2.45) is 4.99 Å². The molecule has 0 unspecified atom stereocenters. The van der Waals surface area contributed by atoms with Crippen molar-refractivity contribution in [2.75, 3.05) is 0 Å². The molecule has 0 bridgehead atoms. The van der Waals surface area contributed by atoms with Gasteiger partial charge in [-0.25, -0.2) is 13.8 Å². The van der Waals surface area contributed by atoms with Crippen LogP contribution in [0.4, 0.5) is 8.78 Å². The predicted molar refractivity (Wildman–Crippen MR) is 101 cm³/mol. The van der Waals surface area contributed by atoms with Crippen LogP contribution in [0.2, 0.25) is 5.02 Å². The molecule has 1 aliphatic rings. The van der Waals surface area contributed by atoms with Crippen LogP contribution >= 0.6 is 11.6 Å². The fourth-order valence-corrected chi connectivity index (χ4v) is 3.77. The first-order chi connectivity index (χ1) is 12.6. The van der Waals surface area contributed by atoms with Crippen molar-refractivity contribution in [1.29, 1.82) is 0 Å². The Bertz CT molecular complexity index is 1120. The van der Waals surface area contributed by atoms with Gasteiger partial charge < -0.3 is 0 Å². The predicted octanol–water partition coefficient (Wildman–Crippen LogP) is 4.86. The number of hydrogen-bond acceptors (Lipinski definition) is 4. The first-order valence-corrected chi connectivity index (χ1v) is 8.89. The van der Waals surface area contributed by atoms with Gasteiger partial charge in [0.25, 0.3) is 0 Å². The molecule has 0 spiro atoms. The van der Waals surface area contributed by atoms with Crippen molar-refractivity contribution in [3.63, 3.8) is 0 Å². The minimum atomic E-state index is -1.06. The number of aliphatic imine (C=N–C) groups is 1. The summed E-state index contributed by atoms with van der Waals surface area (Å²) in [6.45, 7) is 8.22. The second kappa shape index (κ2) is 5.76. The molecule has 0 radical (unpaired) electrons. The van der Waals surface area contributed by atoms with Crippen molar-refractivity contribution in [1.82, 2.24) is 15.2 Å². The van der Waals surface area contributed by atoms with Gasteiger partial charge in [0.15, 0.2) is 17.2 Å². The molecular weight excluding hydrogens is 370 g/mol. The third kappa shape index (κ3) is 2.54. The van der Waals surface area contributed by atoms with E-state index in [4.69, 9.17) is 16.6 Å². The van der Waals surface area contributed by atoms with Crippen molar-refractivity contribution < 1.29 is 8.78 Å². The fourth-order valence-electron chi connectivity index (χ4n) is 3.36. The topological polar surface area (TPSA) is 51.0 Å². The number of aromatic nitrogens is 3. The SMILES string of the molecule is CC1(C)N=C(c2nnc3c(F)c(F)ccc3n2)c2cccc(Cl)c2C1(C)C. The quantitative estimate of drug-likeness (QED) is 0.600. The van der Waals surface area contributed by atoms with Crippen molar-refractivity contribution in [2.45, 2.75) is 38.6 Å². The Hall–Kier alpha value is -2.47. The highest BCUT2D eigenvalue weighted by atomic mass is 35.5. The minimum absolute atomic E-state index is 0.207. The number of fused-ring (bicyclic) bond motifs is 2. The van der Waals surface area contributed by atoms with Crippen LogP contribution in [0.15, 0.2) is 35.3 Å². The summed E-state index contributed by atoms with van der Waals surface area (Å²) in [6.07, 6.45) is 0. The van der Waals surface area contributed by atoms with E-state index in [1.807, 2.05) is 32.0 Å². The number of rotatable bonds is 1. The maximum atomic E-state index is 13.9. The van der Waals surface area contributed by atoms with Crippen LogP contribution in [0.1, 0.15) is 44.6 Å². The molecule has 0 amide bonds. The summed E-state index contributed by atoms with van der Waals surface area (Å²) < 4.78 is 27.3. The zero-order chi connectivity index (χ0) is 19.6. The minimum Gasteiger partial charge on any atom is -0.274 e. The molecule has 0 saturated heterocycles. The molecule has 3 aromatic rings. The second-order valence-electron chi connectivity index (χ2n) is 7.67. The van der Waals surface area contributed by atoms with E-state index >= 15 is 0 Å². The van der Waals surface area contributed by atoms with E-state index in [-0.39, 0.29) is 22.3 Å². The van der Waals surface area contributed by atoms with Crippen molar-refractivity contribution in [3.05, 3.63) is 63.9 Å². The van der Waals surface area contributed by atoms with Gasteiger partial charge >= 0.3 is 0 Å². The summed E-state index contributed by atoms with van der Waals surface area (Å²) in [5, 5.41) is 8.53. The maximum absolute atomic E-state index is 13.9. The molecule has 27 heavy (non-hydrogen) atoms. The normalized spacial score (nSPS) is 17.5. The zero-order valence-corrected chi connectivity index (χ0v) is 16.1. The van der Waals surface area contributed by atoms with Crippen LogP contribution in [-0.4, -0.2) is 26.4 Å². The van der Waals surface area contributed by atoms with E-state index in [1.165, 1.54) is 6.07 Å². The Morgan fingerprint density at radius 2 is 1.70 bits per heavy atom. The van der Waals surface area contributed by atoms with Crippen LogP contribution in [0.25, 0.3) is 11.0 Å². The molecule has 4 rings (SSSR count). The molecule has 4 nitrogen and oxygen atoms in total. The molecule has 0 aliphatic carbocycles. The zero-order valence-electron chi connectivity index (χ0n) is 15.3. The van der Waals surface area contributed by atoms with Gasteiger partial charge in [0.2, 0.25) is 5.82 Å². The Morgan fingerprint density at radius 1 is 0.963 bits per heavy atom. The molecule has 1 aromatic heterocycles. The third-order valence-corrected chi connectivity index (χ3v) is 5.86. The molecule has 2 aromatic carbocycles. The van der Waals surface area contributed by atoms with Crippen LogP contribution in [0, 0.1) is 11.6 Å². The first kappa shape index (κ1) is 17.9. The smallest absolute Gasteiger partial charge is 0.201 e. The van der Waals surface area contributed by atoms with E-state index in [0.29, 0.717) is 10.7 Å². The van der Waals surface area contributed by atoms with Gasteiger partial charge in [-0.2, -0.15) is 0 Å². The average molecular weight is 387 g/mol. The lowest BCUT2D eigenvalue weighted by Gasteiger charge is -2.44. The van der Waals surface area contributed by atoms with Crippen molar-refractivity contribution in [3.8, 4) is 0 Å². The number of halogens is 3. The monoisotopic (exact) mass is 386 g/mol. The number of benzene rings is 2. The van der Waals surface area contributed by atoms with Gasteiger partial charge in [-0.1, -0.05) is 37.6 Å². The van der Waals surface area contributed by atoms with Crippen LogP contribution in [0.5, 0.6) is 0 Å². The summed E-state index contributed by atoms with van der Waals surface area (Å²) in [6, 6.07) is 8.00. The lowest BCUT2D eigenvalue weighted by Crippen LogP contribution is -2.46. The lowest BCUT2D eigenvalue weighted by molar-refractivity contribution is 0.303. The largest absolute Gasteiger partial charge is 0.274 e. The van der Waals surface area contributed by atoms with Gasteiger partial charge in [0.05, 0.1) is 11.1 Å². The van der Waals surface area contributed by atoms with Gasteiger partial charge in [-0.15, -0.1) is 10.2 Å².